The Balaban J connectivity index is 1.76. The van der Waals surface area contributed by atoms with E-state index in [2.05, 4.69) is 15.0 Å². The fourth-order valence-electron chi connectivity index (χ4n) is 2.84. The van der Waals surface area contributed by atoms with Crippen LogP contribution in [0.3, 0.4) is 0 Å². The number of morpholine rings is 1. The highest BCUT2D eigenvalue weighted by molar-refractivity contribution is 7.89. The van der Waals surface area contributed by atoms with E-state index in [0.29, 0.717) is 0 Å². The minimum Gasteiger partial charge on any atom is -0.495 e. The summed E-state index contributed by atoms with van der Waals surface area (Å²) >= 11 is 0. The first-order valence-corrected chi connectivity index (χ1v) is 10.8. The number of hydrogen-bond acceptors (Lipinski definition) is 7. The summed E-state index contributed by atoms with van der Waals surface area (Å²) in [6, 6.07) is 6.44. The number of halogens is 3. The molecule has 13 heteroatoms. The first-order chi connectivity index (χ1) is 15.1. The summed E-state index contributed by atoms with van der Waals surface area (Å²) in [4.78, 5) is 16.2. The van der Waals surface area contributed by atoms with Crippen molar-refractivity contribution in [1.29, 1.82) is 0 Å². The van der Waals surface area contributed by atoms with Crippen molar-refractivity contribution in [2.75, 3.05) is 45.3 Å². The van der Waals surface area contributed by atoms with E-state index in [4.69, 9.17) is 9.47 Å². The van der Waals surface area contributed by atoms with Crippen molar-refractivity contribution in [3.05, 3.63) is 42.1 Å². The first kappa shape index (κ1) is 23.8. The topological polar surface area (TPSA) is 107 Å². The van der Waals surface area contributed by atoms with Crippen LogP contribution < -0.4 is 14.8 Å². The lowest BCUT2D eigenvalue weighted by molar-refractivity contribution is -0.154. The molecule has 0 bridgehead atoms. The second-order valence-corrected chi connectivity index (χ2v) is 8.53. The quantitative estimate of drug-likeness (QED) is 0.655. The van der Waals surface area contributed by atoms with Gasteiger partial charge in [0.1, 0.15) is 10.6 Å². The second-order valence-electron chi connectivity index (χ2n) is 6.63. The number of anilines is 1. The van der Waals surface area contributed by atoms with E-state index in [1.165, 1.54) is 41.7 Å². The van der Waals surface area contributed by atoms with Crippen LogP contribution in [-0.4, -0.2) is 69.8 Å². The van der Waals surface area contributed by atoms with E-state index in [1.807, 2.05) is 0 Å². The monoisotopic (exact) mass is 475 g/mol. The molecule has 174 valence electrons. The number of alkyl halides is 3. The lowest BCUT2D eigenvalue weighted by Crippen LogP contribution is -2.40. The number of sulfonamides is 1. The smallest absolute Gasteiger partial charge is 0.422 e. The molecular formula is C19H20F3N3O6S. The van der Waals surface area contributed by atoms with Crippen LogP contribution in [0.25, 0.3) is 0 Å². The molecule has 32 heavy (non-hydrogen) atoms. The molecule has 0 spiro atoms. The molecule has 1 N–H and O–H groups in total. The highest BCUT2D eigenvalue weighted by atomic mass is 32.2. The average molecular weight is 475 g/mol. The number of carbonyl (C=O) groups is 1. The minimum absolute atomic E-state index is 0.0371. The van der Waals surface area contributed by atoms with E-state index in [0.717, 1.165) is 6.20 Å². The third-order valence-electron chi connectivity index (χ3n) is 4.39. The van der Waals surface area contributed by atoms with E-state index >= 15 is 0 Å². The predicted octanol–water partition coefficient (Wildman–Crippen LogP) is 2.30. The van der Waals surface area contributed by atoms with Crippen molar-refractivity contribution in [2.45, 2.75) is 11.1 Å². The van der Waals surface area contributed by atoms with Gasteiger partial charge in [-0.2, -0.15) is 17.5 Å². The number of methoxy groups -OCH3 is 1. The van der Waals surface area contributed by atoms with Gasteiger partial charge in [-0.15, -0.1) is 0 Å². The van der Waals surface area contributed by atoms with Crippen molar-refractivity contribution < 1.29 is 40.6 Å². The highest BCUT2D eigenvalue weighted by Gasteiger charge is 2.30. The van der Waals surface area contributed by atoms with Gasteiger partial charge in [-0.1, -0.05) is 0 Å². The largest absolute Gasteiger partial charge is 0.495 e. The standard InChI is InChI=1S/C19H20F3N3O6S/c1-29-15-4-2-13(10-16(15)32(27,28)25-6-8-30-9-7-25)18(26)24-14-3-5-17(23-11-14)31-12-19(20,21)22/h2-5,10-11H,6-9,12H2,1H3,(H,24,26). The van der Waals surface area contributed by atoms with Crippen LogP contribution in [0.2, 0.25) is 0 Å². The molecule has 1 amide bonds. The summed E-state index contributed by atoms with van der Waals surface area (Å²) in [7, 11) is -2.61. The van der Waals surface area contributed by atoms with Crippen LogP contribution in [0.4, 0.5) is 18.9 Å². The van der Waals surface area contributed by atoms with Gasteiger partial charge in [0.05, 0.1) is 32.2 Å². The number of benzene rings is 1. The Bertz CT molecular complexity index is 1050. The molecule has 0 saturated carbocycles. The average Bonchev–Trinajstić information content (AvgIpc) is 2.78. The lowest BCUT2D eigenvalue weighted by Gasteiger charge is -2.26. The fraction of sp³-hybridized carbons (Fsp3) is 0.368. The summed E-state index contributed by atoms with van der Waals surface area (Å²) < 4.78 is 78.8. The van der Waals surface area contributed by atoms with Gasteiger partial charge in [-0.3, -0.25) is 4.79 Å². The van der Waals surface area contributed by atoms with Crippen molar-refractivity contribution in [3.8, 4) is 11.6 Å². The molecule has 1 fully saturated rings. The fourth-order valence-corrected chi connectivity index (χ4v) is 4.43. The summed E-state index contributed by atoms with van der Waals surface area (Å²) in [6.45, 7) is -0.612. The summed E-state index contributed by atoms with van der Waals surface area (Å²) in [6.07, 6.45) is -3.37. The third kappa shape index (κ3) is 5.87. The Morgan fingerprint density at radius 1 is 1.22 bits per heavy atom. The normalized spacial score (nSPS) is 15.2. The SMILES string of the molecule is COc1ccc(C(=O)Nc2ccc(OCC(F)(F)F)nc2)cc1S(=O)(=O)N1CCOCC1. The molecule has 2 aromatic rings. The van der Waals surface area contributed by atoms with Gasteiger partial charge in [-0.25, -0.2) is 13.4 Å². The van der Waals surface area contributed by atoms with Gasteiger partial charge >= 0.3 is 6.18 Å². The molecule has 3 rings (SSSR count). The van der Waals surface area contributed by atoms with Gasteiger partial charge < -0.3 is 19.5 Å². The van der Waals surface area contributed by atoms with E-state index < -0.39 is 28.7 Å². The van der Waals surface area contributed by atoms with Crippen molar-refractivity contribution in [2.24, 2.45) is 0 Å². The molecule has 1 aliphatic rings. The Morgan fingerprint density at radius 3 is 2.53 bits per heavy atom. The van der Waals surface area contributed by atoms with Gasteiger partial charge in [0, 0.05) is 24.7 Å². The number of nitrogens with one attached hydrogen (secondary N) is 1. The van der Waals surface area contributed by atoms with Gasteiger partial charge in [0.2, 0.25) is 15.9 Å². The van der Waals surface area contributed by atoms with E-state index in [1.54, 1.807) is 0 Å². The molecule has 1 aromatic heterocycles. The number of ether oxygens (including phenoxy) is 3. The zero-order chi connectivity index (χ0) is 23.4. The number of hydrogen-bond donors (Lipinski definition) is 1. The van der Waals surface area contributed by atoms with Crippen LogP contribution in [0.15, 0.2) is 41.4 Å². The summed E-state index contributed by atoms with van der Waals surface area (Å²) in [5.74, 6) is -0.818. The van der Waals surface area contributed by atoms with Crippen molar-refractivity contribution in [3.63, 3.8) is 0 Å². The molecule has 1 aliphatic heterocycles. The van der Waals surface area contributed by atoms with Crippen LogP contribution >= 0.6 is 0 Å². The van der Waals surface area contributed by atoms with Crippen LogP contribution in [-0.2, 0) is 14.8 Å². The predicted molar refractivity (Wildman–Crippen MR) is 106 cm³/mol. The number of aromatic nitrogens is 1. The maximum Gasteiger partial charge on any atom is 0.422 e. The molecule has 9 nitrogen and oxygen atoms in total. The molecular weight excluding hydrogens is 455 g/mol. The third-order valence-corrected chi connectivity index (χ3v) is 6.31. The van der Waals surface area contributed by atoms with Crippen LogP contribution in [0.1, 0.15) is 10.4 Å². The van der Waals surface area contributed by atoms with Crippen LogP contribution in [0.5, 0.6) is 11.6 Å². The zero-order valence-electron chi connectivity index (χ0n) is 16.9. The maximum absolute atomic E-state index is 13.0. The second kappa shape index (κ2) is 9.71. The Labute approximate surface area is 182 Å². The molecule has 0 atom stereocenters. The molecule has 0 aliphatic carbocycles. The first-order valence-electron chi connectivity index (χ1n) is 9.33. The number of amides is 1. The van der Waals surface area contributed by atoms with E-state index in [-0.39, 0.29) is 54.1 Å². The Kier molecular flexibility index (Phi) is 7.21. The molecule has 1 saturated heterocycles. The molecule has 1 aromatic carbocycles. The van der Waals surface area contributed by atoms with Crippen LogP contribution in [0, 0.1) is 0 Å². The Morgan fingerprint density at radius 2 is 1.94 bits per heavy atom. The Hall–Kier alpha value is -2.90. The number of nitrogens with zero attached hydrogens (tertiary/aromatic N) is 2. The number of pyridine rings is 1. The number of carbonyl (C=O) groups excluding carboxylic acids is 1. The van der Waals surface area contributed by atoms with Crippen molar-refractivity contribution >= 4 is 21.6 Å². The lowest BCUT2D eigenvalue weighted by atomic mass is 10.2. The van der Waals surface area contributed by atoms with Gasteiger partial charge in [0.15, 0.2) is 6.61 Å². The minimum atomic E-state index is -4.50. The zero-order valence-corrected chi connectivity index (χ0v) is 17.7. The van der Waals surface area contributed by atoms with E-state index in [9.17, 15) is 26.4 Å². The summed E-state index contributed by atoms with van der Waals surface area (Å²) in [5, 5.41) is 2.51. The van der Waals surface area contributed by atoms with Crippen molar-refractivity contribution in [1.82, 2.24) is 9.29 Å². The van der Waals surface area contributed by atoms with Gasteiger partial charge in [-0.05, 0) is 24.3 Å². The number of rotatable bonds is 7. The summed E-state index contributed by atoms with van der Waals surface area (Å²) in [5.41, 5.74) is 0.220. The molecule has 0 radical (unpaired) electrons. The molecule has 0 unspecified atom stereocenters. The molecule has 2 heterocycles. The van der Waals surface area contributed by atoms with Gasteiger partial charge in [0.25, 0.3) is 5.91 Å². The maximum atomic E-state index is 13.0. The highest BCUT2D eigenvalue weighted by Crippen LogP contribution is 2.29.